The summed E-state index contributed by atoms with van der Waals surface area (Å²) in [5.41, 5.74) is -0.206. The zero-order valence-electron chi connectivity index (χ0n) is 29.9. The Hall–Kier alpha value is -0.933. The van der Waals surface area contributed by atoms with Crippen molar-refractivity contribution in [3.8, 4) is 0 Å². The van der Waals surface area contributed by atoms with Crippen LogP contribution in [0.4, 0.5) is 4.79 Å². The standard InChI is InChI=1S/C36H63NO6Si/c1-23(30-40-21-33(5,6)22-41-30)27-15-16-28-26-14-13-24-19-25(42-31(38)37(9)10)20-36(39,43-44(11,12)32(2,3)4)35(24,8)29(26)17-18-34(27,28)7/h13-14,23-30,39H,15-22H2,1-12H3/t23?,24?,25?,26-,27+,28-,29-,34+,35-,36?/m0/s1. The minimum absolute atomic E-state index is 0.0653. The fourth-order valence-electron chi connectivity index (χ4n) is 9.87. The second kappa shape index (κ2) is 11.3. The second-order valence-corrected chi connectivity index (χ2v) is 23.0. The number of hydrogen-bond acceptors (Lipinski definition) is 6. The molecule has 4 aliphatic carbocycles. The van der Waals surface area contributed by atoms with E-state index in [0.29, 0.717) is 42.4 Å². The fourth-order valence-corrected chi connectivity index (χ4v) is 11.3. The van der Waals surface area contributed by atoms with Crippen molar-refractivity contribution in [2.75, 3.05) is 27.3 Å². The van der Waals surface area contributed by atoms with Crippen LogP contribution in [-0.4, -0.2) is 69.9 Å². The van der Waals surface area contributed by atoms with Crippen molar-refractivity contribution in [1.29, 1.82) is 0 Å². The van der Waals surface area contributed by atoms with Gasteiger partial charge in [-0.15, -0.1) is 0 Å². The Kier molecular flexibility index (Phi) is 8.87. The molecular weight excluding hydrogens is 570 g/mol. The number of allylic oxidation sites excluding steroid dienone is 2. The Bertz CT molecular complexity index is 1110. The third kappa shape index (κ3) is 5.65. The molecule has 252 valence electrons. The van der Waals surface area contributed by atoms with Gasteiger partial charge in [0.2, 0.25) is 0 Å². The summed E-state index contributed by atoms with van der Waals surface area (Å²) in [6.45, 7) is 24.2. The van der Waals surface area contributed by atoms with Crippen molar-refractivity contribution in [3.05, 3.63) is 12.2 Å². The summed E-state index contributed by atoms with van der Waals surface area (Å²) in [4.78, 5) is 14.2. The van der Waals surface area contributed by atoms with E-state index < -0.39 is 25.6 Å². The van der Waals surface area contributed by atoms with Crippen LogP contribution in [0.2, 0.25) is 18.1 Å². The number of nitrogens with zero attached hydrogens (tertiary/aromatic N) is 1. The molecule has 1 amide bonds. The van der Waals surface area contributed by atoms with Crippen molar-refractivity contribution in [2.45, 2.75) is 130 Å². The number of fused-ring (bicyclic) bond motifs is 5. The van der Waals surface area contributed by atoms with E-state index in [1.165, 1.54) is 17.7 Å². The first-order chi connectivity index (χ1) is 20.2. The topological polar surface area (TPSA) is 77.5 Å². The zero-order valence-corrected chi connectivity index (χ0v) is 30.9. The average Bonchev–Trinajstić information content (AvgIpc) is 3.25. The molecule has 1 saturated heterocycles. The van der Waals surface area contributed by atoms with E-state index in [0.717, 1.165) is 26.1 Å². The van der Waals surface area contributed by atoms with E-state index in [9.17, 15) is 9.90 Å². The predicted molar refractivity (Wildman–Crippen MR) is 176 cm³/mol. The molecule has 3 saturated carbocycles. The van der Waals surface area contributed by atoms with Gasteiger partial charge in [0.15, 0.2) is 20.4 Å². The third-order valence-electron chi connectivity index (χ3n) is 13.6. The van der Waals surface area contributed by atoms with Gasteiger partial charge in [0, 0.05) is 37.3 Å². The summed E-state index contributed by atoms with van der Waals surface area (Å²) in [6, 6.07) is 0. The lowest BCUT2D eigenvalue weighted by atomic mass is 9.44. The summed E-state index contributed by atoms with van der Waals surface area (Å²) < 4.78 is 25.8. The van der Waals surface area contributed by atoms with Gasteiger partial charge in [0.1, 0.15) is 6.10 Å². The Morgan fingerprint density at radius 2 is 1.66 bits per heavy atom. The summed E-state index contributed by atoms with van der Waals surface area (Å²) in [6.07, 6.45) is 9.59. The minimum atomic E-state index is -2.39. The van der Waals surface area contributed by atoms with Crippen LogP contribution in [0.3, 0.4) is 0 Å². The van der Waals surface area contributed by atoms with Crippen molar-refractivity contribution >= 4 is 14.4 Å². The lowest BCUT2D eigenvalue weighted by Crippen LogP contribution is -2.68. The van der Waals surface area contributed by atoms with Crippen LogP contribution in [0.1, 0.15) is 93.9 Å². The fraction of sp³-hybridized carbons (Fsp3) is 0.917. The van der Waals surface area contributed by atoms with Gasteiger partial charge in [-0.05, 0) is 85.2 Å². The van der Waals surface area contributed by atoms with E-state index in [1.54, 1.807) is 14.1 Å². The average molecular weight is 634 g/mol. The molecule has 4 fully saturated rings. The van der Waals surface area contributed by atoms with Crippen molar-refractivity contribution in [3.63, 3.8) is 0 Å². The molecule has 0 spiro atoms. The summed E-state index contributed by atoms with van der Waals surface area (Å²) >= 11 is 0. The van der Waals surface area contributed by atoms with E-state index in [2.05, 4.69) is 80.6 Å². The van der Waals surface area contributed by atoms with Crippen LogP contribution in [0.15, 0.2) is 12.2 Å². The van der Waals surface area contributed by atoms with Gasteiger partial charge in [-0.3, -0.25) is 0 Å². The van der Waals surface area contributed by atoms with E-state index in [-0.39, 0.29) is 34.2 Å². The number of ether oxygens (including phenoxy) is 3. The highest BCUT2D eigenvalue weighted by molar-refractivity contribution is 6.74. The van der Waals surface area contributed by atoms with Crippen LogP contribution < -0.4 is 0 Å². The van der Waals surface area contributed by atoms with Gasteiger partial charge < -0.3 is 28.6 Å². The van der Waals surface area contributed by atoms with Crippen LogP contribution in [-0.2, 0) is 18.6 Å². The van der Waals surface area contributed by atoms with Gasteiger partial charge in [-0.25, -0.2) is 4.79 Å². The number of hydrogen-bond donors (Lipinski definition) is 1. The minimum Gasteiger partial charge on any atom is -0.446 e. The Balaban J connectivity index is 1.45. The normalized spacial score (nSPS) is 43.0. The predicted octanol–water partition coefficient (Wildman–Crippen LogP) is 7.84. The molecule has 10 atom stereocenters. The zero-order chi connectivity index (χ0) is 32.7. The molecule has 1 N–H and O–H groups in total. The highest BCUT2D eigenvalue weighted by atomic mass is 28.4. The molecule has 0 aromatic carbocycles. The number of amides is 1. The molecule has 1 aliphatic heterocycles. The molecule has 7 nitrogen and oxygen atoms in total. The molecule has 0 aromatic heterocycles. The van der Waals surface area contributed by atoms with Gasteiger partial charge >= 0.3 is 6.09 Å². The molecule has 8 heteroatoms. The van der Waals surface area contributed by atoms with Crippen LogP contribution in [0.25, 0.3) is 0 Å². The third-order valence-corrected chi connectivity index (χ3v) is 18.0. The van der Waals surface area contributed by atoms with Gasteiger partial charge in [0.25, 0.3) is 0 Å². The van der Waals surface area contributed by atoms with Crippen LogP contribution in [0, 0.1) is 51.8 Å². The van der Waals surface area contributed by atoms with Crippen LogP contribution >= 0.6 is 0 Å². The van der Waals surface area contributed by atoms with E-state index in [4.69, 9.17) is 18.6 Å². The molecule has 0 radical (unpaired) electrons. The maximum Gasteiger partial charge on any atom is 0.409 e. The van der Waals surface area contributed by atoms with E-state index >= 15 is 0 Å². The van der Waals surface area contributed by atoms with Gasteiger partial charge in [-0.1, -0.05) is 67.5 Å². The number of carbonyl (C=O) groups is 1. The molecule has 0 aromatic rings. The smallest absolute Gasteiger partial charge is 0.409 e. The highest BCUT2D eigenvalue weighted by Crippen LogP contribution is 2.69. The lowest BCUT2D eigenvalue weighted by Gasteiger charge is -2.65. The molecule has 0 bridgehead atoms. The first-order valence-electron chi connectivity index (χ1n) is 17.4. The SMILES string of the molecule is CC(C1OCC(C)(C)CO1)[C@H]1CC[C@H]2[C@@H]3C=CC4CC(OC(=O)N(C)C)CC(O)(O[Si](C)(C)C(C)(C)C)[C@]4(C)[C@H]3CC[C@]12C. The quantitative estimate of drug-likeness (QED) is 0.189. The van der Waals surface area contributed by atoms with E-state index in [1.807, 2.05) is 0 Å². The molecule has 1 heterocycles. The van der Waals surface area contributed by atoms with Gasteiger partial charge in [-0.2, -0.15) is 0 Å². The van der Waals surface area contributed by atoms with Crippen molar-refractivity contribution < 1.29 is 28.5 Å². The number of aliphatic hydroxyl groups is 1. The Morgan fingerprint density at radius 3 is 2.25 bits per heavy atom. The summed E-state index contributed by atoms with van der Waals surface area (Å²) in [7, 11) is 1.03. The number of carbonyl (C=O) groups excluding carboxylic acids is 1. The lowest BCUT2D eigenvalue weighted by molar-refractivity contribution is -0.301. The monoisotopic (exact) mass is 633 g/mol. The summed E-state index contributed by atoms with van der Waals surface area (Å²) in [5.74, 6) is 0.794. The maximum absolute atomic E-state index is 13.0. The molecule has 44 heavy (non-hydrogen) atoms. The highest BCUT2D eigenvalue weighted by Gasteiger charge is 2.68. The number of rotatable bonds is 5. The summed E-state index contributed by atoms with van der Waals surface area (Å²) in [5, 5.41) is 12.9. The van der Waals surface area contributed by atoms with Gasteiger partial charge in [0.05, 0.1) is 13.2 Å². The maximum atomic E-state index is 13.0. The molecule has 5 aliphatic rings. The molecular formula is C36H63NO6Si. The first kappa shape index (κ1) is 34.4. The largest absolute Gasteiger partial charge is 0.446 e. The van der Waals surface area contributed by atoms with Crippen LogP contribution in [0.5, 0.6) is 0 Å². The molecule has 5 rings (SSSR count). The Morgan fingerprint density at radius 1 is 1.02 bits per heavy atom. The molecule has 4 unspecified atom stereocenters. The van der Waals surface area contributed by atoms with Crippen molar-refractivity contribution in [1.82, 2.24) is 4.90 Å². The Labute approximate surface area is 268 Å². The van der Waals surface area contributed by atoms with Crippen molar-refractivity contribution in [2.24, 2.45) is 51.8 Å². The second-order valence-electron chi connectivity index (χ2n) is 18.3. The first-order valence-corrected chi connectivity index (χ1v) is 20.3.